The lowest BCUT2D eigenvalue weighted by molar-refractivity contribution is 0.783. The first-order valence-electron chi connectivity index (χ1n) is 7.41. The molecule has 0 spiro atoms. The van der Waals surface area contributed by atoms with E-state index in [-0.39, 0.29) is 0 Å². The molecule has 3 nitrogen and oxygen atoms in total. The van der Waals surface area contributed by atoms with Crippen LogP contribution in [0, 0.1) is 0 Å². The van der Waals surface area contributed by atoms with E-state index in [9.17, 15) is 0 Å². The zero-order valence-electron chi connectivity index (χ0n) is 12.7. The van der Waals surface area contributed by atoms with Gasteiger partial charge >= 0.3 is 0 Å². The summed E-state index contributed by atoms with van der Waals surface area (Å²) in [5.41, 5.74) is 9.99. The van der Waals surface area contributed by atoms with Gasteiger partial charge in [0.2, 0.25) is 0 Å². The van der Waals surface area contributed by atoms with E-state index < -0.39 is 0 Å². The van der Waals surface area contributed by atoms with Gasteiger partial charge in [-0.1, -0.05) is 52.8 Å². The van der Waals surface area contributed by atoms with Crippen LogP contribution in [-0.4, -0.2) is 9.55 Å². The van der Waals surface area contributed by atoms with E-state index in [1.54, 1.807) is 0 Å². The number of halogens is 1. The van der Waals surface area contributed by atoms with Gasteiger partial charge < -0.3 is 10.3 Å². The Morgan fingerprint density at radius 2 is 1.91 bits per heavy atom. The van der Waals surface area contributed by atoms with Crippen LogP contribution in [0.5, 0.6) is 0 Å². The minimum atomic E-state index is 0.498. The summed E-state index contributed by atoms with van der Waals surface area (Å²) < 4.78 is 3.11. The van der Waals surface area contributed by atoms with E-state index in [1.807, 2.05) is 42.7 Å². The second-order valence-electron chi connectivity index (χ2n) is 5.40. The van der Waals surface area contributed by atoms with Crippen molar-refractivity contribution in [1.29, 1.82) is 0 Å². The Bertz CT molecular complexity index is 822. The minimum Gasteiger partial charge on any atom is -0.327 e. The summed E-state index contributed by atoms with van der Waals surface area (Å²) in [6, 6.07) is 16.5. The van der Waals surface area contributed by atoms with Gasteiger partial charge in [-0.3, -0.25) is 0 Å². The maximum absolute atomic E-state index is 5.77. The molecule has 0 radical (unpaired) electrons. The summed E-state index contributed by atoms with van der Waals surface area (Å²) in [6.07, 6.45) is 3.79. The molecule has 0 fully saturated rings. The maximum atomic E-state index is 5.77. The molecular weight excluding hydrogens is 350 g/mol. The molecule has 0 atom stereocenters. The van der Waals surface area contributed by atoms with Gasteiger partial charge in [-0.25, -0.2) is 4.98 Å². The first-order valence-corrected chi connectivity index (χ1v) is 8.21. The smallest absolute Gasteiger partial charge is 0.140 e. The normalized spacial score (nSPS) is 10.7. The lowest BCUT2D eigenvalue weighted by Crippen LogP contribution is -2.05. The van der Waals surface area contributed by atoms with E-state index >= 15 is 0 Å². The van der Waals surface area contributed by atoms with E-state index in [4.69, 9.17) is 5.73 Å². The van der Waals surface area contributed by atoms with Crippen molar-refractivity contribution in [2.45, 2.75) is 13.1 Å². The minimum absolute atomic E-state index is 0.498. The number of benzene rings is 2. The predicted octanol–water partition coefficient (Wildman–Crippen LogP) is 4.21. The number of imidazole rings is 1. The van der Waals surface area contributed by atoms with Crippen molar-refractivity contribution in [3.63, 3.8) is 0 Å². The van der Waals surface area contributed by atoms with Crippen LogP contribution in [0.15, 0.2) is 72.0 Å². The summed E-state index contributed by atoms with van der Waals surface area (Å²) in [7, 11) is 0. The summed E-state index contributed by atoms with van der Waals surface area (Å²) in [6.45, 7) is 5.51. The zero-order chi connectivity index (χ0) is 16.2. The molecule has 2 aromatic carbocycles. The Balaban J connectivity index is 1.92. The Morgan fingerprint density at radius 1 is 1.13 bits per heavy atom. The molecule has 0 unspecified atom stereocenters. The number of aromatic nitrogens is 2. The SMILES string of the molecule is C=C(c1cc(Br)cc(CN)c1)c1nccn1Cc1ccccc1. The number of rotatable bonds is 5. The Labute approximate surface area is 144 Å². The summed E-state index contributed by atoms with van der Waals surface area (Å²) in [5.74, 6) is 0.870. The van der Waals surface area contributed by atoms with Gasteiger partial charge in [0.05, 0.1) is 0 Å². The lowest BCUT2D eigenvalue weighted by atomic mass is 10.0. The molecule has 3 rings (SSSR count). The van der Waals surface area contributed by atoms with Crippen LogP contribution >= 0.6 is 15.9 Å². The maximum Gasteiger partial charge on any atom is 0.140 e. The number of hydrogen-bond donors (Lipinski definition) is 1. The predicted molar refractivity (Wildman–Crippen MR) is 97.9 cm³/mol. The summed E-state index contributed by atoms with van der Waals surface area (Å²) in [5, 5.41) is 0. The van der Waals surface area contributed by atoms with Crippen LogP contribution in [0.2, 0.25) is 0 Å². The molecule has 0 amide bonds. The van der Waals surface area contributed by atoms with Crippen LogP contribution in [0.25, 0.3) is 5.57 Å². The molecule has 0 aliphatic carbocycles. The van der Waals surface area contributed by atoms with Gasteiger partial charge in [-0.05, 0) is 34.9 Å². The molecule has 3 aromatic rings. The standard InChI is InChI=1S/C19H18BrN3/c1-14(17-9-16(12-21)10-18(20)11-17)19-22-7-8-23(19)13-15-5-3-2-4-6-15/h2-11H,1,12-13,21H2. The molecule has 1 heterocycles. The summed E-state index contributed by atoms with van der Waals surface area (Å²) in [4.78, 5) is 4.49. The quantitative estimate of drug-likeness (QED) is 0.733. The van der Waals surface area contributed by atoms with Crippen molar-refractivity contribution in [1.82, 2.24) is 9.55 Å². The van der Waals surface area contributed by atoms with E-state index in [0.717, 1.165) is 33.5 Å². The Kier molecular flexibility index (Phi) is 4.74. The first-order chi connectivity index (χ1) is 11.2. The zero-order valence-corrected chi connectivity index (χ0v) is 14.3. The number of nitrogens with zero attached hydrogens (tertiary/aromatic N) is 2. The highest BCUT2D eigenvalue weighted by molar-refractivity contribution is 9.10. The molecule has 0 saturated heterocycles. The topological polar surface area (TPSA) is 43.8 Å². The van der Waals surface area contributed by atoms with Crippen LogP contribution in [-0.2, 0) is 13.1 Å². The van der Waals surface area contributed by atoms with Gasteiger partial charge in [-0.2, -0.15) is 0 Å². The third-order valence-corrected chi connectivity index (χ3v) is 4.18. The van der Waals surface area contributed by atoms with Gasteiger partial charge in [0.15, 0.2) is 0 Å². The van der Waals surface area contributed by atoms with Gasteiger partial charge in [-0.15, -0.1) is 0 Å². The average Bonchev–Trinajstić information content (AvgIpc) is 3.02. The van der Waals surface area contributed by atoms with Crippen molar-refractivity contribution in [2.24, 2.45) is 5.73 Å². The highest BCUT2D eigenvalue weighted by atomic mass is 79.9. The Morgan fingerprint density at radius 3 is 2.65 bits per heavy atom. The van der Waals surface area contributed by atoms with Gasteiger partial charge in [0, 0.05) is 35.5 Å². The highest BCUT2D eigenvalue weighted by Crippen LogP contribution is 2.25. The third-order valence-electron chi connectivity index (χ3n) is 3.72. The first kappa shape index (κ1) is 15.7. The monoisotopic (exact) mass is 367 g/mol. The van der Waals surface area contributed by atoms with Crippen molar-refractivity contribution >= 4 is 21.5 Å². The molecule has 1 aromatic heterocycles. The van der Waals surface area contributed by atoms with Crippen LogP contribution < -0.4 is 5.73 Å². The fourth-order valence-electron chi connectivity index (χ4n) is 2.56. The van der Waals surface area contributed by atoms with Crippen molar-refractivity contribution in [3.05, 3.63) is 94.5 Å². The van der Waals surface area contributed by atoms with Crippen molar-refractivity contribution < 1.29 is 0 Å². The molecule has 4 heteroatoms. The molecule has 0 bridgehead atoms. The van der Waals surface area contributed by atoms with Crippen molar-refractivity contribution in [2.75, 3.05) is 0 Å². The van der Waals surface area contributed by atoms with Gasteiger partial charge in [0.25, 0.3) is 0 Å². The second-order valence-corrected chi connectivity index (χ2v) is 6.31. The fraction of sp³-hybridized carbons (Fsp3) is 0.105. The Hall–Kier alpha value is -2.17. The van der Waals surface area contributed by atoms with Crippen LogP contribution in [0.3, 0.4) is 0 Å². The third kappa shape index (κ3) is 3.60. The molecule has 23 heavy (non-hydrogen) atoms. The molecule has 2 N–H and O–H groups in total. The fourth-order valence-corrected chi connectivity index (χ4v) is 3.10. The van der Waals surface area contributed by atoms with Gasteiger partial charge in [0.1, 0.15) is 5.82 Å². The van der Waals surface area contributed by atoms with E-state index in [2.05, 4.69) is 50.3 Å². The summed E-state index contributed by atoms with van der Waals surface area (Å²) >= 11 is 3.53. The van der Waals surface area contributed by atoms with Crippen LogP contribution in [0.1, 0.15) is 22.5 Å². The second kappa shape index (κ2) is 6.94. The largest absolute Gasteiger partial charge is 0.327 e. The van der Waals surface area contributed by atoms with Crippen molar-refractivity contribution in [3.8, 4) is 0 Å². The molecular formula is C19H18BrN3. The average molecular weight is 368 g/mol. The molecule has 0 aliphatic rings. The lowest BCUT2D eigenvalue weighted by Gasteiger charge is -2.12. The van der Waals surface area contributed by atoms with E-state index in [0.29, 0.717) is 6.54 Å². The molecule has 0 aliphatic heterocycles. The van der Waals surface area contributed by atoms with E-state index in [1.165, 1.54) is 5.56 Å². The molecule has 116 valence electrons. The number of nitrogens with two attached hydrogens (primary N) is 1. The molecule has 0 saturated carbocycles. The van der Waals surface area contributed by atoms with Crippen LogP contribution in [0.4, 0.5) is 0 Å². The number of hydrogen-bond acceptors (Lipinski definition) is 2. The highest BCUT2D eigenvalue weighted by Gasteiger charge is 2.11.